The summed E-state index contributed by atoms with van der Waals surface area (Å²) in [5.74, 6) is -2.26. The molecule has 0 aliphatic carbocycles. The molecule has 128 valence electrons. The first-order chi connectivity index (χ1) is 11.2. The number of methoxy groups -OCH3 is 1. The van der Waals surface area contributed by atoms with Gasteiger partial charge in [0.05, 0.1) is 19.1 Å². The molecule has 1 amide bonds. The number of halogens is 3. The normalized spacial score (nSPS) is 12.0. The van der Waals surface area contributed by atoms with Gasteiger partial charge in [-0.05, 0) is 24.3 Å². The zero-order valence-electron chi connectivity index (χ0n) is 12.5. The van der Waals surface area contributed by atoms with Gasteiger partial charge in [0.25, 0.3) is 5.91 Å². The van der Waals surface area contributed by atoms with Gasteiger partial charge >= 0.3 is 12.1 Å². The molecule has 0 unspecified atom stereocenters. The van der Waals surface area contributed by atoms with Gasteiger partial charge in [-0.15, -0.1) is 0 Å². The van der Waals surface area contributed by atoms with Crippen molar-refractivity contribution in [2.24, 2.45) is 0 Å². The van der Waals surface area contributed by atoms with E-state index in [0.717, 1.165) is 31.4 Å². The Balaban J connectivity index is 2.84. The number of carbonyl (C=O) groups is 2. The summed E-state index contributed by atoms with van der Waals surface area (Å²) >= 11 is 0. The third-order valence-electron chi connectivity index (χ3n) is 2.89. The van der Waals surface area contributed by atoms with E-state index >= 15 is 0 Å². The van der Waals surface area contributed by atoms with Crippen LogP contribution in [0.25, 0.3) is 0 Å². The fraction of sp³-hybridized carbons (Fsp3) is 0.267. The number of amides is 1. The number of alkyl halides is 3. The fourth-order valence-electron chi connectivity index (χ4n) is 1.63. The Kier molecular flexibility index (Phi) is 6.35. The van der Waals surface area contributed by atoms with Crippen LogP contribution in [0.15, 0.2) is 35.6 Å². The lowest BCUT2D eigenvalue weighted by molar-refractivity contribution is -0.140. The van der Waals surface area contributed by atoms with E-state index in [2.05, 4.69) is 10.1 Å². The van der Waals surface area contributed by atoms with Crippen molar-refractivity contribution in [3.05, 3.63) is 41.2 Å². The predicted molar refractivity (Wildman–Crippen MR) is 76.6 cm³/mol. The SMILES string of the molecule is COC(=O)CC/C(O)=C(\C#N)C(=O)Nc1ccc(C(F)(F)F)cc1. The molecule has 9 heteroatoms. The lowest BCUT2D eigenvalue weighted by Gasteiger charge is -2.09. The molecule has 0 saturated heterocycles. The quantitative estimate of drug-likeness (QED) is 0.371. The van der Waals surface area contributed by atoms with Crippen molar-refractivity contribution in [2.45, 2.75) is 19.0 Å². The first-order valence-electron chi connectivity index (χ1n) is 6.56. The molecule has 0 radical (unpaired) electrons. The molecule has 0 spiro atoms. The summed E-state index contributed by atoms with van der Waals surface area (Å²) in [4.78, 5) is 22.9. The van der Waals surface area contributed by atoms with E-state index in [1.807, 2.05) is 0 Å². The number of benzene rings is 1. The van der Waals surface area contributed by atoms with Crippen molar-refractivity contribution >= 4 is 17.6 Å². The first kappa shape index (κ1) is 19.0. The van der Waals surface area contributed by atoms with E-state index < -0.39 is 34.9 Å². The molecule has 24 heavy (non-hydrogen) atoms. The van der Waals surface area contributed by atoms with Gasteiger partial charge in [-0.2, -0.15) is 18.4 Å². The number of nitrogens with one attached hydrogen (secondary N) is 1. The summed E-state index contributed by atoms with van der Waals surface area (Å²) in [6.45, 7) is 0. The number of carbonyl (C=O) groups excluding carboxylic acids is 2. The molecule has 0 fully saturated rings. The monoisotopic (exact) mass is 342 g/mol. The number of hydrogen-bond donors (Lipinski definition) is 2. The number of aliphatic hydroxyl groups excluding tert-OH is 1. The number of allylic oxidation sites excluding steroid dienone is 1. The van der Waals surface area contributed by atoms with Crippen molar-refractivity contribution in [3.63, 3.8) is 0 Å². The van der Waals surface area contributed by atoms with Crippen molar-refractivity contribution < 1.29 is 32.6 Å². The molecule has 0 aromatic heterocycles. The van der Waals surface area contributed by atoms with Crippen molar-refractivity contribution in [1.82, 2.24) is 0 Å². The number of nitriles is 1. The van der Waals surface area contributed by atoms with Crippen LogP contribution < -0.4 is 5.32 Å². The van der Waals surface area contributed by atoms with E-state index in [0.29, 0.717) is 0 Å². The molecule has 2 N–H and O–H groups in total. The highest BCUT2D eigenvalue weighted by molar-refractivity contribution is 6.06. The maximum atomic E-state index is 12.4. The number of nitrogens with zero attached hydrogens (tertiary/aromatic N) is 1. The number of esters is 1. The summed E-state index contributed by atoms with van der Waals surface area (Å²) in [5, 5.41) is 20.8. The molecule has 1 rings (SSSR count). The Hall–Kier alpha value is -3.02. The zero-order chi connectivity index (χ0) is 18.3. The van der Waals surface area contributed by atoms with Crippen LogP contribution >= 0.6 is 0 Å². The van der Waals surface area contributed by atoms with Gasteiger partial charge in [-0.1, -0.05) is 0 Å². The van der Waals surface area contributed by atoms with Crippen LogP contribution in [0.4, 0.5) is 18.9 Å². The summed E-state index contributed by atoms with van der Waals surface area (Å²) < 4.78 is 41.7. The van der Waals surface area contributed by atoms with Crippen LogP contribution in [0.5, 0.6) is 0 Å². The Morgan fingerprint density at radius 1 is 1.25 bits per heavy atom. The van der Waals surface area contributed by atoms with Gasteiger partial charge in [-0.25, -0.2) is 0 Å². The minimum atomic E-state index is -4.51. The highest BCUT2D eigenvalue weighted by atomic mass is 19.4. The molecule has 1 aromatic rings. The van der Waals surface area contributed by atoms with Crippen LogP contribution in [-0.4, -0.2) is 24.1 Å². The van der Waals surface area contributed by atoms with Crippen LogP contribution in [0.2, 0.25) is 0 Å². The average molecular weight is 342 g/mol. The van der Waals surface area contributed by atoms with Crippen LogP contribution in [-0.2, 0) is 20.5 Å². The van der Waals surface area contributed by atoms with E-state index in [9.17, 15) is 27.9 Å². The zero-order valence-corrected chi connectivity index (χ0v) is 12.5. The third-order valence-corrected chi connectivity index (χ3v) is 2.89. The molecule has 0 heterocycles. The number of aliphatic hydroxyl groups is 1. The molecule has 6 nitrogen and oxygen atoms in total. The predicted octanol–water partition coefficient (Wildman–Crippen LogP) is 2.93. The van der Waals surface area contributed by atoms with Gasteiger partial charge in [-0.3, -0.25) is 9.59 Å². The lowest BCUT2D eigenvalue weighted by atomic mass is 10.1. The maximum absolute atomic E-state index is 12.4. The van der Waals surface area contributed by atoms with Crippen molar-refractivity contribution in [2.75, 3.05) is 12.4 Å². The first-order valence-corrected chi connectivity index (χ1v) is 6.56. The minimum Gasteiger partial charge on any atom is -0.511 e. The second kappa shape index (κ2) is 8.01. The minimum absolute atomic E-state index is 0.0153. The molecule has 0 atom stereocenters. The number of hydrogen-bond acceptors (Lipinski definition) is 5. The Morgan fingerprint density at radius 2 is 1.83 bits per heavy atom. The standard InChI is InChI=1S/C15H13F3N2O4/c1-24-13(22)7-6-12(21)11(8-19)14(23)20-10-4-2-9(3-5-10)15(16,17)18/h2-5,21H,6-7H2,1H3,(H,20,23)/b12-11-. The highest BCUT2D eigenvalue weighted by Gasteiger charge is 2.30. The molecular weight excluding hydrogens is 329 g/mol. The fourth-order valence-corrected chi connectivity index (χ4v) is 1.63. The van der Waals surface area contributed by atoms with Crippen molar-refractivity contribution in [1.29, 1.82) is 5.26 Å². The van der Waals surface area contributed by atoms with Gasteiger partial charge in [0, 0.05) is 12.1 Å². The smallest absolute Gasteiger partial charge is 0.416 e. The van der Waals surface area contributed by atoms with Crippen molar-refractivity contribution in [3.8, 4) is 6.07 Å². The number of rotatable bonds is 5. The second-order valence-electron chi connectivity index (χ2n) is 4.54. The molecule has 0 aliphatic heterocycles. The van der Waals surface area contributed by atoms with E-state index in [4.69, 9.17) is 5.26 Å². The Morgan fingerprint density at radius 3 is 2.29 bits per heavy atom. The van der Waals surface area contributed by atoms with Gasteiger partial charge in [0.2, 0.25) is 0 Å². The lowest BCUT2D eigenvalue weighted by Crippen LogP contribution is -2.16. The van der Waals surface area contributed by atoms with E-state index in [1.165, 1.54) is 6.07 Å². The largest absolute Gasteiger partial charge is 0.511 e. The molecule has 0 bridgehead atoms. The topological polar surface area (TPSA) is 99.4 Å². The maximum Gasteiger partial charge on any atom is 0.416 e. The van der Waals surface area contributed by atoms with E-state index in [-0.39, 0.29) is 18.5 Å². The van der Waals surface area contributed by atoms with Crippen LogP contribution in [0, 0.1) is 11.3 Å². The summed E-state index contributed by atoms with van der Waals surface area (Å²) in [5.41, 5.74) is -1.52. The number of ether oxygens (including phenoxy) is 1. The van der Waals surface area contributed by atoms with Crippen LogP contribution in [0.1, 0.15) is 18.4 Å². The summed E-state index contributed by atoms with van der Waals surface area (Å²) in [7, 11) is 1.14. The summed E-state index contributed by atoms with van der Waals surface area (Å²) in [6, 6.07) is 5.05. The Labute approximate surface area is 135 Å². The highest BCUT2D eigenvalue weighted by Crippen LogP contribution is 2.29. The molecule has 1 aromatic carbocycles. The average Bonchev–Trinajstić information content (AvgIpc) is 2.52. The van der Waals surface area contributed by atoms with Gasteiger partial charge in [0.15, 0.2) is 5.57 Å². The molecular formula is C15H13F3N2O4. The third kappa shape index (κ3) is 5.31. The van der Waals surface area contributed by atoms with E-state index in [1.54, 1.807) is 0 Å². The van der Waals surface area contributed by atoms with Gasteiger partial charge < -0.3 is 15.2 Å². The summed E-state index contributed by atoms with van der Waals surface area (Å²) in [6.07, 6.45) is -5.02. The number of anilines is 1. The Bertz CT molecular complexity index is 688. The molecule has 0 saturated carbocycles. The van der Waals surface area contributed by atoms with Crippen LogP contribution in [0.3, 0.4) is 0 Å². The molecule has 0 aliphatic rings. The van der Waals surface area contributed by atoms with Gasteiger partial charge in [0.1, 0.15) is 11.8 Å². The second-order valence-corrected chi connectivity index (χ2v) is 4.54.